The van der Waals surface area contributed by atoms with E-state index in [9.17, 15) is 4.79 Å². The number of carbonyl (C=O) groups is 1. The molecule has 16 heavy (non-hydrogen) atoms. The Kier molecular flexibility index (Phi) is 5.22. The van der Waals surface area contributed by atoms with Crippen LogP contribution in [0.25, 0.3) is 0 Å². The van der Waals surface area contributed by atoms with Gasteiger partial charge in [-0.3, -0.25) is 4.79 Å². The molecule has 0 aliphatic heterocycles. The zero-order valence-corrected chi connectivity index (χ0v) is 11.7. The molecule has 0 unspecified atom stereocenters. The van der Waals surface area contributed by atoms with Crippen molar-refractivity contribution in [1.82, 2.24) is 0 Å². The van der Waals surface area contributed by atoms with Crippen LogP contribution < -0.4 is 4.90 Å². The Balaban J connectivity index is 2.98. The maximum atomic E-state index is 11.9. The second kappa shape index (κ2) is 6.21. The van der Waals surface area contributed by atoms with Crippen molar-refractivity contribution in [1.29, 1.82) is 0 Å². The van der Waals surface area contributed by atoms with E-state index in [1.807, 2.05) is 51.4 Å². The highest BCUT2D eigenvalue weighted by atomic mass is 33.1. The summed E-state index contributed by atoms with van der Waals surface area (Å²) in [6, 6.07) is 7.99. The maximum Gasteiger partial charge on any atom is 0.229 e. The fraction of sp³-hybridized carbons (Fsp3) is 0.417. The molecule has 0 N–H and O–H groups in total. The lowest BCUT2D eigenvalue weighted by Gasteiger charge is -2.21. The summed E-state index contributed by atoms with van der Waals surface area (Å²) in [5.41, 5.74) is 0.987. The van der Waals surface area contributed by atoms with Crippen molar-refractivity contribution in [3.05, 3.63) is 24.3 Å². The lowest BCUT2D eigenvalue weighted by molar-refractivity contribution is -0.121. The van der Waals surface area contributed by atoms with Gasteiger partial charge in [0.2, 0.25) is 5.91 Å². The molecule has 0 saturated carbocycles. The number of anilines is 1. The Morgan fingerprint density at radius 3 is 2.50 bits per heavy atom. The van der Waals surface area contributed by atoms with Gasteiger partial charge in [0.15, 0.2) is 0 Å². The number of nitrogens with zero attached hydrogens (tertiary/aromatic N) is 1. The summed E-state index contributed by atoms with van der Waals surface area (Å²) in [6.07, 6.45) is 2.03. The van der Waals surface area contributed by atoms with E-state index in [0.717, 1.165) is 10.6 Å². The Morgan fingerprint density at radius 1 is 1.31 bits per heavy atom. The van der Waals surface area contributed by atoms with E-state index >= 15 is 0 Å². The summed E-state index contributed by atoms with van der Waals surface area (Å²) in [7, 11) is 5.20. The fourth-order valence-electron chi connectivity index (χ4n) is 1.40. The highest BCUT2D eigenvalue weighted by molar-refractivity contribution is 8.76. The third-order valence-corrected chi connectivity index (χ3v) is 3.95. The third kappa shape index (κ3) is 3.19. The smallest absolute Gasteiger partial charge is 0.229 e. The molecule has 0 aliphatic rings. The second-order valence-corrected chi connectivity index (χ2v) is 6.21. The van der Waals surface area contributed by atoms with Crippen molar-refractivity contribution >= 4 is 33.2 Å². The minimum absolute atomic E-state index is 0.0253. The Hall–Kier alpha value is -0.610. The number of hydrogen-bond donors (Lipinski definition) is 0. The monoisotopic (exact) mass is 255 g/mol. The topological polar surface area (TPSA) is 20.3 Å². The van der Waals surface area contributed by atoms with E-state index in [0.29, 0.717) is 0 Å². The molecule has 1 rings (SSSR count). The number of rotatable bonds is 4. The molecule has 4 heteroatoms. The molecule has 0 spiro atoms. The van der Waals surface area contributed by atoms with Crippen molar-refractivity contribution in [2.24, 2.45) is 5.92 Å². The number of hydrogen-bond acceptors (Lipinski definition) is 3. The zero-order chi connectivity index (χ0) is 12.1. The van der Waals surface area contributed by atoms with E-state index < -0.39 is 0 Å². The van der Waals surface area contributed by atoms with E-state index in [1.165, 1.54) is 0 Å². The summed E-state index contributed by atoms with van der Waals surface area (Å²) in [5, 5.41) is 0. The van der Waals surface area contributed by atoms with Crippen LogP contribution in [0.2, 0.25) is 0 Å². The van der Waals surface area contributed by atoms with Crippen molar-refractivity contribution in [2.45, 2.75) is 18.7 Å². The van der Waals surface area contributed by atoms with Gasteiger partial charge < -0.3 is 4.90 Å². The van der Waals surface area contributed by atoms with Crippen LogP contribution in [0.1, 0.15) is 13.8 Å². The average Bonchev–Trinajstić information content (AvgIpc) is 2.28. The van der Waals surface area contributed by atoms with E-state index in [2.05, 4.69) is 0 Å². The maximum absolute atomic E-state index is 11.9. The predicted molar refractivity (Wildman–Crippen MR) is 74.1 cm³/mol. The Bertz CT molecular complexity index is 366. The van der Waals surface area contributed by atoms with Crippen LogP contribution in [-0.2, 0) is 4.79 Å². The first-order chi connectivity index (χ1) is 7.57. The average molecular weight is 255 g/mol. The van der Waals surface area contributed by atoms with E-state index in [-0.39, 0.29) is 11.8 Å². The number of benzene rings is 1. The van der Waals surface area contributed by atoms with Crippen molar-refractivity contribution in [3.8, 4) is 0 Å². The lowest BCUT2D eigenvalue weighted by atomic mass is 10.2. The summed E-state index contributed by atoms with van der Waals surface area (Å²) >= 11 is 0. The molecule has 2 nitrogen and oxygen atoms in total. The summed E-state index contributed by atoms with van der Waals surface area (Å²) in [5.74, 6) is 0.173. The Morgan fingerprint density at radius 2 is 1.94 bits per heavy atom. The molecule has 0 radical (unpaired) electrons. The van der Waals surface area contributed by atoms with Gasteiger partial charge in [-0.05, 0) is 18.4 Å². The largest absolute Gasteiger partial charge is 0.314 e. The predicted octanol–water partition coefficient (Wildman–Crippen LogP) is 3.68. The van der Waals surface area contributed by atoms with Crippen molar-refractivity contribution in [3.63, 3.8) is 0 Å². The van der Waals surface area contributed by atoms with E-state index in [4.69, 9.17) is 0 Å². The standard InChI is InChI=1S/C12H17NOS2/c1-9(2)12(14)13(3)10-7-5-6-8-11(10)16-15-4/h5-9H,1-4H3. The molecule has 0 heterocycles. The molecular weight excluding hydrogens is 238 g/mol. The molecule has 0 aliphatic carbocycles. The van der Waals surface area contributed by atoms with Crippen LogP contribution >= 0.6 is 21.6 Å². The summed E-state index contributed by atoms with van der Waals surface area (Å²) in [6.45, 7) is 3.84. The summed E-state index contributed by atoms with van der Waals surface area (Å²) < 4.78 is 0. The number of para-hydroxylation sites is 1. The van der Waals surface area contributed by atoms with Gasteiger partial charge in [0, 0.05) is 17.9 Å². The van der Waals surface area contributed by atoms with Crippen LogP contribution in [0.3, 0.4) is 0 Å². The van der Waals surface area contributed by atoms with Crippen LogP contribution in [-0.4, -0.2) is 19.2 Å². The summed E-state index contributed by atoms with van der Waals surface area (Å²) in [4.78, 5) is 14.8. The molecule has 1 aromatic rings. The van der Waals surface area contributed by atoms with Crippen LogP contribution in [0.4, 0.5) is 5.69 Å². The SMILES string of the molecule is CSSc1ccccc1N(C)C(=O)C(C)C. The van der Waals surface area contributed by atoms with Gasteiger partial charge in [-0.1, -0.05) is 47.6 Å². The molecule has 0 fully saturated rings. The van der Waals surface area contributed by atoms with Gasteiger partial charge in [0.25, 0.3) is 0 Å². The molecule has 1 amide bonds. The molecule has 1 aromatic carbocycles. The molecule has 0 saturated heterocycles. The Labute approximate surface area is 105 Å². The second-order valence-electron chi connectivity index (χ2n) is 3.77. The first-order valence-electron chi connectivity index (χ1n) is 5.15. The van der Waals surface area contributed by atoms with E-state index in [1.54, 1.807) is 26.5 Å². The van der Waals surface area contributed by atoms with Gasteiger partial charge in [-0.2, -0.15) is 0 Å². The van der Waals surface area contributed by atoms with Gasteiger partial charge >= 0.3 is 0 Å². The fourth-order valence-corrected chi connectivity index (χ4v) is 2.97. The zero-order valence-electron chi connectivity index (χ0n) is 10.1. The lowest BCUT2D eigenvalue weighted by Crippen LogP contribution is -2.30. The minimum Gasteiger partial charge on any atom is -0.314 e. The third-order valence-electron chi connectivity index (χ3n) is 2.22. The van der Waals surface area contributed by atoms with Crippen LogP contribution in [0, 0.1) is 5.92 Å². The van der Waals surface area contributed by atoms with Crippen molar-refractivity contribution < 1.29 is 4.79 Å². The normalized spacial score (nSPS) is 10.6. The van der Waals surface area contributed by atoms with Gasteiger partial charge in [-0.25, -0.2) is 0 Å². The highest BCUT2D eigenvalue weighted by Crippen LogP contribution is 2.36. The highest BCUT2D eigenvalue weighted by Gasteiger charge is 2.16. The van der Waals surface area contributed by atoms with Gasteiger partial charge in [-0.15, -0.1) is 0 Å². The minimum atomic E-state index is 0.0253. The molecule has 0 aromatic heterocycles. The first-order valence-corrected chi connectivity index (χ1v) is 7.71. The van der Waals surface area contributed by atoms with Crippen LogP contribution in [0.15, 0.2) is 29.2 Å². The molecule has 88 valence electrons. The molecule has 0 atom stereocenters. The van der Waals surface area contributed by atoms with Gasteiger partial charge in [0.1, 0.15) is 0 Å². The van der Waals surface area contributed by atoms with Crippen molar-refractivity contribution in [2.75, 3.05) is 18.2 Å². The number of carbonyl (C=O) groups excluding carboxylic acids is 1. The molecular formula is C12H17NOS2. The van der Waals surface area contributed by atoms with Crippen LogP contribution in [0.5, 0.6) is 0 Å². The first kappa shape index (κ1) is 13.5. The molecule has 0 bridgehead atoms. The quantitative estimate of drug-likeness (QED) is 0.766. The number of amides is 1. The van der Waals surface area contributed by atoms with Gasteiger partial charge in [0.05, 0.1) is 5.69 Å².